The van der Waals surface area contributed by atoms with E-state index < -0.39 is 0 Å². The van der Waals surface area contributed by atoms with Crippen LogP contribution in [0.25, 0.3) is 5.69 Å². The molecule has 0 radical (unpaired) electrons. The fraction of sp³-hybridized carbons (Fsp3) is 0.176. The number of aromatic nitrogens is 4. The molecule has 0 fully saturated rings. The average molecular weight is 342 g/mol. The molecular formula is C17H16ClN5O. The quantitative estimate of drug-likeness (QED) is 0.732. The maximum absolute atomic E-state index is 12.6. The standard InChI is InChI=1S/C17H16ClN5O/c1-12-16(17(24)22(2)11-13-6-8-19-9-7-13)21-23(20-12)15-5-3-4-14(18)10-15/h3-10H,11H2,1-2H3. The van der Waals surface area contributed by atoms with E-state index in [-0.39, 0.29) is 5.91 Å². The van der Waals surface area contributed by atoms with Crippen LogP contribution in [-0.2, 0) is 6.54 Å². The van der Waals surface area contributed by atoms with E-state index in [0.717, 1.165) is 5.56 Å². The molecule has 2 aromatic heterocycles. The minimum atomic E-state index is -0.183. The number of carbonyl (C=O) groups excluding carboxylic acids is 1. The van der Waals surface area contributed by atoms with Gasteiger partial charge in [-0.3, -0.25) is 9.78 Å². The van der Waals surface area contributed by atoms with E-state index in [9.17, 15) is 4.79 Å². The molecule has 0 atom stereocenters. The van der Waals surface area contributed by atoms with Crippen LogP contribution in [0.3, 0.4) is 0 Å². The number of pyridine rings is 1. The van der Waals surface area contributed by atoms with Crippen molar-refractivity contribution >= 4 is 17.5 Å². The lowest BCUT2D eigenvalue weighted by Gasteiger charge is -2.15. The van der Waals surface area contributed by atoms with Gasteiger partial charge < -0.3 is 4.90 Å². The highest BCUT2D eigenvalue weighted by Crippen LogP contribution is 2.15. The third-order valence-corrected chi connectivity index (χ3v) is 3.77. The Balaban J connectivity index is 1.83. The summed E-state index contributed by atoms with van der Waals surface area (Å²) < 4.78 is 0. The van der Waals surface area contributed by atoms with Gasteiger partial charge in [0.25, 0.3) is 5.91 Å². The summed E-state index contributed by atoms with van der Waals surface area (Å²) >= 11 is 6.00. The Kier molecular flexibility index (Phi) is 4.57. The van der Waals surface area contributed by atoms with E-state index in [1.165, 1.54) is 4.80 Å². The molecule has 3 rings (SSSR count). The van der Waals surface area contributed by atoms with E-state index in [0.29, 0.717) is 28.6 Å². The van der Waals surface area contributed by atoms with Gasteiger partial charge in [0.1, 0.15) is 0 Å². The Morgan fingerprint density at radius 3 is 2.67 bits per heavy atom. The van der Waals surface area contributed by atoms with Crippen LogP contribution in [0.15, 0.2) is 48.8 Å². The molecule has 0 aliphatic carbocycles. The smallest absolute Gasteiger partial charge is 0.276 e. The second-order valence-electron chi connectivity index (χ2n) is 5.42. The molecule has 24 heavy (non-hydrogen) atoms. The van der Waals surface area contributed by atoms with Crippen LogP contribution in [-0.4, -0.2) is 37.8 Å². The number of benzene rings is 1. The fourth-order valence-electron chi connectivity index (χ4n) is 2.31. The van der Waals surface area contributed by atoms with Gasteiger partial charge in [-0.25, -0.2) is 0 Å². The van der Waals surface area contributed by atoms with Crippen LogP contribution < -0.4 is 0 Å². The fourth-order valence-corrected chi connectivity index (χ4v) is 2.49. The van der Waals surface area contributed by atoms with Crippen molar-refractivity contribution < 1.29 is 4.79 Å². The van der Waals surface area contributed by atoms with Crippen LogP contribution in [0.1, 0.15) is 21.7 Å². The predicted molar refractivity (Wildman–Crippen MR) is 91.1 cm³/mol. The number of amides is 1. The number of carbonyl (C=O) groups is 1. The molecule has 0 N–H and O–H groups in total. The highest BCUT2D eigenvalue weighted by atomic mass is 35.5. The van der Waals surface area contributed by atoms with Crippen LogP contribution in [0.5, 0.6) is 0 Å². The van der Waals surface area contributed by atoms with Gasteiger partial charge >= 0.3 is 0 Å². The molecule has 7 heteroatoms. The highest BCUT2D eigenvalue weighted by molar-refractivity contribution is 6.30. The zero-order chi connectivity index (χ0) is 17.1. The van der Waals surface area contributed by atoms with Crippen molar-refractivity contribution in [2.24, 2.45) is 0 Å². The van der Waals surface area contributed by atoms with Crippen LogP contribution in [0.2, 0.25) is 5.02 Å². The van der Waals surface area contributed by atoms with Gasteiger partial charge in [0.2, 0.25) is 0 Å². The minimum absolute atomic E-state index is 0.183. The molecule has 2 heterocycles. The molecular weight excluding hydrogens is 326 g/mol. The molecule has 0 unspecified atom stereocenters. The van der Waals surface area contributed by atoms with E-state index >= 15 is 0 Å². The van der Waals surface area contributed by atoms with Crippen molar-refractivity contribution in [1.82, 2.24) is 24.9 Å². The molecule has 0 aliphatic rings. The lowest BCUT2D eigenvalue weighted by molar-refractivity contribution is 0.0778. The summed E-state index contributed by atoms with van der Waals surface area (Å²) in [7, 11) is 1.74. The zero-order valence-electron chi connectivity index (χ0n) is 13.3. The molecule has 0 saturated carbocycles. The summed E-state index contributed by atoms with van der Waals surface area (Å²) in [6.45, 7) is 2.24. The van der Waals surface area contributed by atoms with Gasteiger partial charge in [0.05, 0.1) is 11.4 Å². The van der Waals surface area contributed by atoms with Crippen molar-refractivity contribution in [1.29, 1.82) is 0 Å². The van der Waals surface area contributed by atoms with E-state index in [4.69, 9.17) is 11.6 Å². The lowest BCUT2D eigenvalue weighted by atomic mass is 10.2. The number of hydrogen-bond acceptors (Lipinski definition) is 4. The normalized spacial score (nSPS) is 10.6. The molecule has 1 amide bonds. The monoisotopic (exact) mass is 341 g/mol. The first-order valence-corrected chi connectivity index (χ1v) is 7.76. The van der Waals surface area contributed by atoms with Crippen molar-refractivity contribution in [3.05, 3.63) is 70.8 Å². The predicted octanol–water partition coefficient (Wildman–Crippen LogP) is 2.90. The third kappa shape index (κ3) is 3.44. The van der Waals surface area contributed by atoms with Crippen molar-refractivity contribution in [3.63, 3.8) is 0 Å². The summed E-state index contributed by atoms with van der Waals surface area (Å²) in [6.07, 6.45) is 3.41. The Hall–Kier alpha value is -2.73. The summed E-state index contributed by atoms with van der Waals surface area (Å²) in [4.78, 5) is 19.7. The van der Waals surface area contributed by atoms with E-state index in [1.807, 2.05) is 24.3 Å². The van der Waals surface area contributed by atoms with Gasteiger partial charge in [0.15, 0.2) is 5.69 Å². The molecule has 6 nitrogen and oxygen atoms in total. The maximum atomic E-state index is 12.6. The van der Waals surface area contributed by atoms with Crippen LogP contribution in [0, 0.1) is 6.92 Å². The SMILES string of the molecule is Cc1nn(-c2cccc(Cl)c2)nc1C(=O)N(C)Cc1ccncc1. The number of nitrogens with zero attached hydrogens (tertiary/aromatic N) is 5. The summed E-state index contributed by atoms with van der Waals surface area (Å²) in [5.41, 5.74) is 2.61. The van der Waals surface area contributed by atoms with Gasteiger partial charge in [0, 0.05) is 31.0 Å². The molecule has 0 bridgehead atoms. The summed E-state index contributed by atoms with van der Waals surface area (Å²) in [5, 5.41) is 9.24. The van der Waals surface area contributed by atoms with Gasteiger partial charge in [-0.05, 0) is 42.8 Å². The van der Waals surface area contributed by atoms with Gasteiger partial charge in [-0.1, -0.05) is 17.7 Å². The molecule has 0 aliphatic heterocycles. The molecule has 1 aromatic carbocycles. The first-order chi connectivity index (χ1) is 11.5. The Bertz CT molecular complexity index is 862. The van der Waals surface area contributed by atoms with Crippen molar-refractivity contribution in [2.75, 3.05) is 7.05 Å². The Labute approximate surface area is 144 Å². The topological polar surface area (TPSA) is 63.9 Å². The second-order valence-corrected chi connectivity index (χ2v) is 5.86. The first-order valence-electron chi connectivity index (χ1n) is 7.39. The van der Waals surface area contributed by atoms with Crippen molar-refractivity contribution in [2.45, 2.75) is 13.5 Å². The molecule has 0 spiro atoms. The molecule has 122 valence electrons. The minimum Gasteiger partial charge on any atom is -0.336 e. The van der Waals surface area contributed by atoms with E-state index in [2.05, 4.69) is 15.2 Å². The zero-order valence-corrected chi connectivity index (χ0v) is 14.1. The highest BCUT2D eigenvalue weighted by Gasteiger charge is 2.20. The molecule has 0 saturated heterocycles. The second kappa shape index (κ2) is 6.80. The Morgan fingerprint density at radius 2 is 1.96 bits per heavy atom. The number of rotatable bonds is 4. The lowest BCUT2D eigenvalue weighted by Crippen LogP contribution is -2.27. The first kappa shape index (κ1) is 16.1. The van der Waals surface area contributed by atoms with Gasteiger partial charge in [-0.2, -0.15) is 9.90 Å². The maximum Gasteiger partial charge on any atom is 0.276 e. The van der Waals surface area contributed by atoms with Crippen LogP contribution in [0.4, 0.5) is 0 Å². The third-order valence-electron chi connectivity index (χ3n) is 3.54. The number of halogens is 1. The average Bonchev–Trinajstić information content (AvgIpc) is 2.97. The number of hydrogen-bond donors (Lipinski definition) is 0. The van der Waals surface area contributed by atoms with Gasteiger partial charge in [-0.15, -0.1) is 5.10 Å². The Morgan fingerprint density at radius 1 is 1.21 bits per heavy atom. The van der Waals surface area contributed by atoms with Crippen molar-refractivity contribution in [3.8, 4) is 5.69 Å². The summed E-state index contributed by atoms with van der Waals surface area (Å²) in [6, 6.07) is 10.9. The van der Waals surface area contributed by atoms with Crippen LogP contribution >= 0.6 is 11.6 Å². The molecule has 3 aromatic rings. The largest absolute Gasteiger partial charge is 0.336 e. The number of aryl methyl sites for hydroxylation is 1. The van der Waals surface area contributed by atoms with E-state index in [1.54, 1.807) is 43.4 Å². The summed E-state index contributed by atoms with van der Waals surface area (Å²) in [5.74, 6) is -0.183.